The highest BCUT2D eigenvalue weighted by Crippen LogP contribution is 2.14. The van der Waals surface area contributed by atoms with Crippen molar-refractivity contribution in [1.82, 2.24) is 30.2 Å². The molecule has 4 rings (SSSR count). The summed E-state index contributed by atoms with van der Waals surface area (Å²) in [5.74, 6) is -1.42. The lowest BCUT2D eigenvalue weighted by Gasteiger charge is -2.10. The molecule has 0 radical (unpaired) electrons. The van der Waals surface area contributed by atoms with E-state index >= 15 is 0 Å². The lowest BCUT2D eigenvalue weighted by Crippen LogP contribution is -2.42. The van der Waals surface area contributed by atoms with E-state index in [2.05, 4.69) is 20.9 Å². The molecule has 0 fully saturated rings. The molecule has 2 N–H and O–H groups in total. The van der Waals surface area contributed by atoms with Crippen LogP contribution in [0.5, 0.6) is 0 Å². The Hall–Kier alpha value is -4.27. The number of aryl methyl sites for hydroxylation is 2. The molecule has 0 atom stereocenters. The number of hydrazine groups is 1. The minimum Gasteiger partial charge on any atom is -0.295 e. The minimum absolute atomic E-state index is 0.187. The van der Waals surface area contributed by atoms with Gasteiger partial charge in [0.25, 0.3) is 11.8 Å². The van der Waals surface area contributed by atoms with Crippen molar-refractivity contribution in [1.29, 1.82) is 0 Å². The van der Waals surface area contributed by atoms with E-state index in [4.69, 9.17) is 0 Å². The van der Waals surface area contributed by atoms with Gasteiger partial charge in [-0.15, -0.1) is 0 Å². The molecule has 2 amide bonds. The maximum Gasteiger partial charge on any atom is 0.288 e. The van der Waals surface area contributed by atoms with E-state index in [1.807, 2.05) is 19.9 Å². The minimum atomic E-state index is -0.561. The van der Waals surface area contributed by atoms with Crippen molar-refractivity contribution in [3.05, 3.63) is 95.6 Å². The van der Waals surface area contributed by atoms with Gasteiger partial charge in [0.15, 0.2) is 0 Å². The highest BCUT2D eigenvalue weighted by molar-refractivity contribution is 5.98. The van der Waals surface area contributed by atoms with Crippen molar-refractivity contribution in [2.24, 2.45) is 0 Å². The maximum absolute atomic E-state index is 13.1. The number of rotatable bonds is 4. The lowest BCUT2D eigenvalue weighted by molar-refractivity contribution is 0.0843. The normalized spacial score (nSPS) is 10.7. The van der Waals surface area contributed by atoms with Crippen LogP contribution in [0.4, 0.5) is 4.39 Å². The molecule has 0 aliphatic rings. The fourth-order valence-corrected chi connectivity index (χ4v) is 3.16. The van der Waals surface area contributed by atoms with E-state index in [1.165, 1.54) is 41.4 Å². The number of nitrogens with one attached hydrogen (secondary N) is 2. The van der Waals surface area contributed by atoms with Crippen molar-refractivity contribution < 1.29 is 14.0 Å². The predicted octanol–water partition coefficient (Wildman–Crippen LogP) is 2.89. The van der Waals surface area contributed by atoms with Gasteiger partial charge in [0.2, 0.25) is 0 Å². The Kier molecular flexibility index (Phi) is 5.31. The van der Waals surface area contributed by atoms with E-state index in [1.54, 1.807) is 28.9 Å². The number of aromatic nitrogens is 4. The molecule has 0 saturated heterocycles. The van der Waals surface area contributed by atoms with Crippen molar-refractivity contribution in [3.8, 4) is 11.4 Å². The first-order valence-corrected chi connectivity index (χ1v) is 9.45. The summed E-state index contributed by atoms with van der Waals surface area (Å²) in [5.41, 5.74) is 8.60. The van der Waals surface area contributed by atoms with Gasteiger partial charge >= 0.3 is 0 Å². The van der Waals surface area contributed by atoms with Crippen molar-refractivity contribution >= 4 is 11.8 Å². The van der Waals surface area contributed by atoms with Crippen LogP contribution in [-0.2, 0) is 0 Å². The first kappa shape index (κ1) is 20.0. The lowest BCUT2D eigenvalue weighted by atomic mass is 10.2. The van der Waals surface area contributed by atoms with Crippen LogP contribution in [0, 0.1) is 19.7 Å². The number of hydrogen-bond acceptors (Lipinski definition) is 4. The van der Waals surface area contributed by atoms with E-state index in [0.29, 0.717) is 11.3 Å². The van der Waals surface area contributed by atoms with Crippen molar-refractivity contribution in [2.75, 3.05) is 0 Å². The molecule has 2 aromatic heterocycles. The van der Waals surface area contributed by atoms with Gasteiger partial charge in [0.05, 0.1) is 23.9 Å². The molecule has 0 unspecified atom stereocenters. The van der Waals surface area contributed by atoms with Gasteiger partial charge in [-0.05, 0) is 68.4 Å². The largest absolute Gasteiger partial charge is 0.295 e. The number of carbonyl (C=O) groups excluding carboxylic acids is 2. The van der Waals surface area contributed by atoms with Gasteiger partial charge in [0, 0.05) is 16.9 Å². The molecule has 8 nitrogen and oxygen atoms in total. The summed E-state index contributed by atoms with van der Waals surface area (Å²) in [6.07, 6.45) is 2.79. The van der Waals surface area contributed by atoms with E-state index in [-0.39, 0.29) is 11.5 Å². The topological polar surface area (TPSA) is 93.8 Å². The maximum atomic E-state index is 13.1. The number of amides is 2. The number of benzene rings is 2. The molecule has 2 aromatic carbocycles. The Balaban J connectivity index is 1.42. The highest BCUT2D eigenvalue weighted by atomic mass is 19.1. The first-order chi connectivity index (χ1) is 14.9. The Morgan fingerprint density at radius 3 is 2.19 bits per heavy atom. The number of hydrogen-bond donors (Lipinski definition) is 2. The molecule has 4 aromatic rings. The van der Waals surface area contributed by atoms with Gasteiger partial charge in [0.1, 0.15) is 11.5 Å². The molecule has 2 heterocycles. The summed E-state index contributed by atoms with van der Waals surface area (Å²) in [5, 5.41) is 4.41. The summed E-state index contributed by atoms with van der Waals surface area (Å²) < 4.78 is 16.4. The number of nitrogens with zero attached hydrogens (tertiary/aromatic N) is 4. The standard InChI is InChI=1S/C22H19FN6O2/c1-14-11-15(2)29(27-14)19-7-3-16(4-8-19)21(30)25-26-22(31)20-12-24-13-28(20)18-9-5-17(23)6-10-18/h3-13H,1-2H3,(H,25,30)(H,26,31). The van der Waals surface area contributed by atoms with Crippen LogP contribution in [0.3, 0.4) is 0 Å². The zero-order chi connectivity index (χ0) is 22.0. The van der Waals surface area contributed by atoms with E-state index in [9.17, 15) is 14.0 Å². The number of halogens is 1. The summed E-state index contributed by atoms with van der Waals surface area (Å²) in [6, 6.07) is 14.4. The molecule has 0 aliphatic carbocycles. The van der Waals surface area contributed by atoms with Crippen molar-refractivity contribution in [3.63, 3.8) is 0 Å². The van der Waals surface area contributed by atoms with Crippen LogP contribution in [0.1, 0.15) is 32.2 Å². The Morgan fingerprint density at radius 1 is 0.903 bits per heavy atom. The first-order valence-electron chi connectivity index (χ1n) is 9.45. The van der Waals surface area contributed by atoms with Crippen LogP contribution >= 0.6 is 0 Å². The molecule has 0 bridgehead atoms. The molecule has 9 heteroatoms. The third-order valence-electron chi connectivity index (χ3n) is 4.65. The zero-order valence-corrected chi connectivity index (χ0v) is 16.8. The fourth-order valence-electron chi connectivity index (χ4n) is 3.16. The molecule has 0 spiro atoms. The zero-order valence-electron chi connectivity index (χ0n) is 16.8. The second kappa shape index (κ2) is 8.23. The predicted molar refractivity (Wildman–Crippen MR) is 111 cm³/mol. The van der Waals surface area contributed by atoms with Gasteiger partial charge in [-0.2, -0.15) is 5.10 Å². The Morgan fingerprint density at radius 2 is 1.55 bits per heavy atom. The Bertz CT molecular complexity index is 1240. The van der Waals surface area contributed by atoms with E-state index in [0.717, 1.165) is 17.1 Å². The SMILES string of the molecule is Cc1cc(C)n(-c2ccc(C(=O)NNC(=O)c3cncn3-c3ccc(F)cc3)cc2)n1. The monoisotopic (exact) mass is 418 g/mol. The molecule has 31 heavy (non-hydrogen) atoms. The molecular weight excluding hydrogens is 399 g/mol. The molecule has 156 valence electrons. The molecular formula is C22H19FN6O2. The average molecular weight is 418 g/mol. The number of imidazole rings is 1. The third-order valence-corrected chi connectivity index (χ3v) is 4.65. The van der Waals surface area contributed by atoms with Gasteiger partial charge < -0.3 is 0 Å². The molecule has 0 aliphatic heterocycles. The van der Waals surface area contributed by atoms with Crippen molar-refractivity contribution in [2.45, 2.75) is 13.8 Å². The van der Waals surface area contributed by atoms with E-state index < -0.39 is 11.8 Å². The average Bonchev–Trinajstić information content (AvgIpc) is 3.38. The summed E-state index contributed by atoms with van der Waals surface area (Å²) in [7, 11) is 0. The molecule has 0 saturated carbocycles. The van der Waals surface area contributed by atoms with Crippen LogP contribution < -0.4 is 10.9 Å². The highest BCUT2D eigenvalue weighted by Gasteiger charge is 2.15. The van der Waals surface area contributed by atoms with Crippen LogP contribution in [0.2, 0.25) is 0 Å². The van der Waals surface area contributed by atoms with Crippen LogP contribution in [0.15, 0.2) is 67.1 Å². The summed E-state index contributed by atoms with van der Waals surface area (Å²) in [6.45, 7) is 3.86. The van der Waals surface area contributed by atoms with Gasteiger partial charge in [-0.25, -0.2) is 14.1 Å². The third kappa shape index (κ3) is 4.20. The van der Waals surface area contributed by atoms with Crippen LogP contribution in [-0.4, -0.2) is 31.1 Å². The fraction of sp³-hybridized carbons (Fsp3) is 0.0909. The second-order valence-corrected chi connectivity index (χ2v) is 6.92. The van der Waals surface area contributed by atoms with Gasteiger partial charge in [-0.3, -0.25) is 25.0 Å². The van der Waals surface area contributed by atoms with Gasteiger partial charge in [-0.1, -0.05) is 0 Å². The van der Waals surface area contributed by atoms with Crippen LogP contribution in [0.25, 0.3) is 11.4 Å². The Labute approximate surface area is 177 Å². The summed E-state index contributed by atoms with van der Waals surface area (Å²) >= 11 is 0. The second-order valence-electron chi connectivity index (χ2n) is 6.92. The quantitative estimate of drug-likeness (QED) is 0.499. The number of carbonyl (C=O) groups is 2. The smallest absolute Gasteiger partial charge is 0.288 e. The summed E-state index contributed by atoms with van der Waals surface area (Å²) in [4.78, 5) is 28.9.